The monoisotopic (exact) mass is 260 g/mol. The second kappa shape index (κ2) is 4.17. The molecule has 2 saturated heterocycles. The summed E-state index contributed by atoms with van der Waals surface area (Å²) in [5, 5.41) is 6.95. The second-order valence-electron chi connectivity index (χ2n) is 5.20. The maximum Gasteiger partial charge on any atom is 0.140 e. The second-order valence-corrected chi connectivity index (χ2v) is 6.10. The average molecular weight is 260 g/mol. The van der Waals surface area contributed by atoms with E-state index in [2.05, 4.69) is 31.6 Å². The highest BCUT2D eigenvalue weighted by Gasteiger charge is 2.35. The van der Waals surface area contributed by atoms with Gasteiger partial charge in [-0.05, 0) is 36.8 Å². The minimum Gasteiger partial charge on any atom is -0.354 e. The molecule has 2 aromatic rings. The van der Waals surface area contributed by atoms with Crippen molar-refractivity contribution >= 4 is 27.4 Å². The molecule has 2 aliphatic heterocycles. The van der Waals surface area contributed by atoms with Gasteiger partial charge in [-0.1, -0.05) is 0 Å². The third-order valence-electron chi connectivity index (χ3n) is 4.14. The van der Waals surface area contributed by atoms with Crippen molar-refractivity contribution in [2.75, 3.05) is 24.5 Å². The summed E-state index contributed by atoms with van der Waals surface area (Å²) >= 11 is 1.69. The predicted octanol–water partition coefficient (Wildman–Crippen LogP) is 1.88. The van der Waals surface area contributed by atoms with Gasteiger partial charge in [-0.3, -0.25) is 0 Å². The van der Waals surface area contributed by atoms with Gasteiger partial charge in [0, 0.05) is 19.1 Å². The van der Waals surface area contributed by atoms with Crippen molar-refractivity contribution in [1.29, 1.82) is 0 Å². The number of fused-ring (bicyclic) bond motifs is 2. The summed E-state index contributed by atoms with van der Waals surface area (Å²) in [7, 11) is 0. The number of nitrogens with one attached hydrogen (secondary N) is 1. The highest BCUT2D eigenvalue weighted by molar-refractivity contribution is 7.16. The average Bonchev–Trinajstić information content (AvgIpc) is 3.04. The molecule has 94 valence electrons. The zero-order valence-corrected chi connectivity index (χ0v) is 11.0. The number of piperidine rings is 1. The van der Waals surface area contributed by atoms with Crippen LogP contribution in [0.3, 0.4) is 0 Å². The molecule has 0 radical (unpaired) electrons. The number of thiophene rings is 1. The first-order chi connectivity index (χ1) is 8.92. The first-order valence-electron chi connectivity index (χ1n) is 6.58. The van der Waals surface area contributed by atoms with Crippen LogP contribution >= 0.6 is 11.3 Å². The van der Waals surface area contributed by atoms with E-state index in [4.69, 9.17) is 0 Å². The number of nitrogens with zero attached hydrogens (tertiary/aromatic N) is 3. The molecule has 0 bridgehead atoms. The minimum atomic E-state index is 0.655. The highest BCUT2D eigenvalue weighted by Crippen LogP contribution is 2.32. The lowest BCUT2D eigenvalue weighted by Gasteiger charge is -2.24. The Morgan fingerprint density at radius 2 is 2.33 bits per heavy atom. The minimum absolute atomic E-state index is 0.655. The molecule has 0 amide bonds. The third kappa shape index (κ3) is 1.61. The molecule has 2 unspecified atom stereocenters. The molecule has 4 heterocycles. The van der Waals surface area contributed by atoms with E-state index in [-0.39, 0.29) is 0 Å². The summed E-state index contributed by atoms with van der Waals surface area (Å²) in [6, 6.07) is 2.80. The van der Waals surface area contributed by atoms with E-state index in [0.717, 1.165) is 29.7 Å². The highest BCUT2D eigenvalue weighted by atomic mass is 32.1. The van der Waals surface area contributed by atoms with Gasteiger partial charge < -0.3 is 10.2 Å². The van der Waals surface area contributed by atoms with E-state index in [1.165, 1.54) is 24.8 Å². The van der Waals surface area contributed by atoms with E-state index < -0.39 is 0 Å². The third-order valence-corrected chi connectivity index (χ3v) is 4.96. The normalized spacial score (nSPS) is 27.7. The van der Waals surface area contributed by atoms with Crippen molar-refractivity contribution in [2.45, 2.75) is 18.9 Å². The van der Waals surface area contributed by atoms with Crippen LogP contribution in [0.15, 0.2) is 17.8 Å². The van der Waals surface area contributed by atoms with Crippen molar-refractivity contribution in [3.63, 3.8) is 0 Å². The molecule has 2 aliphatic rings. The van der Waals surface area contributed by atoms with Gasteiger partial charge in [0.25, 0.3) is 0 Å². The summed E-state index contributed by atoms with van der Waals surface area (Å²) in [5.74, 6) is 1.92. The molecule has 0 aliphatic carbocycles. The lowest BCUT2D eigenvalue weighted by molar-refractivity contribution is 0.340. The molecule has 2 fully saturated rings. The zero-order valence-electron chi connectivity index (χ0n) is 10.2. The van der Waals surface area contributed by atoms with Gasteiger partial charge in [-0.2, -0.15) is 0 Å². The van der Waals surface area contributed by atoms with Crippen LogP contribution in [0.4, 0.5) is 5.82 Å². The predicted molar refractivity (Wildman–Crippen MR) is 74.1 cm³/mol. The van der Waals surface area contributed by atoms with Crippen molar-refractivity contribution < 1.29 is 0 Å². The van der Waals surface area contributed by atoms with Crippen LogP contribution in [0.2, 0.25) is 0 Å². The molecular formula is C13H16N4S. The van der Waals surface area contributed by atoms with Gasteiger partial charge in [-0.25, -0.2) is 9.97 Å². The molecule has 4 rings (SSSR count). The Bertz CT molecular complexity index is 553. The summed E-state index contributed by atoms with van der Waals surface area (Å²) in [6.07, 6.45) is 4.36. The topological polar surface area (TPSA) is 41.1 Å². The van der Waals surface area contributed by atoms with E-state index >= 15 is 0 Å². The van der Waals surface area contributed by atoms with E-state index in [1.54, 1.807) is 17.7 Å². The van der Waals surface area contributed by atoms with Crippen LogP contribution in [0.25, 0.3) is 10.2 Å². The largest absolute Gasteiger partial charge is 0.354 e. The summed E-state index contributed by atoms with van der Waals surface area (Å²) in [6.45, 7) is 3.40. The summed E-state index contributed by atoms with van der Waals surface area (Å²) in [5.41, 5.74) is 0. The number of aromatic nitrogens is 2. The molecule has 5 heteroatoms. The first kappa shape index (κ1) is 10.7. The lowest BCUT2D eigenvalue weighted by Crippen LogP contribution is -2.40. The van der Waals surface area contributed by atoms with Crippen molar-refractivity contribution in [2.24, 2.45) is 5.92 Å². The van der Waals surface area contributed by atoms with E-state index in [0.29, 0.717) is 6.04 Å². The Kier molecular flexibility index (Phi) is 2.48. The Morgan fingerprint density at radius 1 is 1.33 bits per heavy atom. The lowest BCUT2D eigenvalue weighted by atomic mass is 9.94. The Balaban J connectivity index is 1.69. The SMILES string of the molecule is c1nc(N2CC3CCCNC3C2)c2ccsc2n1. The fourth-order valence-corrected chi connectivity index (χ4v) is 3.98. The molecule has 0 aromatic carbocycles. The smallest absolute Gasteiger partial charge is 0.140 e. The van der Waals surface area contributed by atoms with Crippen LogP contribution in [0, 0.1) is 5.92 Å². The molecule has 0 spiro atoms. The molecular weight excluding hydrogens is 244 g/mol. The standard InChI is InChI=1S/C13H16N4S/c1-2-9-6-17(7-11(9)14-4-1)12-10-3-5-18-13(10)16-8-15-12/h3,5,8-9,11,14H,1-2,4,6-7H2. The Labute approximate surface area is 110 Å². The fourth-order valence-electron chi connectivity index (χ4n) is 3.25. The molecule has 2 atom stereocenters. The van der Waals surface area contributed by atoms with Crippen molar-refractivity contribution in [1.82, 2.24) is 15.3 Å². The van der Waals surface area contributed by atoms with Crippen LogP contribution in [0.1, 0.15) is 12.8 Å². The number of hydrogen-bond donors (Lipinski definition) is 1. The van der Waals surface area contributed by atoms with Gasteiger partial charge in [0.05, 0.1) is 5.39 Å². The van der Waals surface area contributed by atoms with Gasteiger partial charge in [-0.15, -0.1) is 11.3 Å². The Morgan fingerprint density at radius 3 is 3.28 bits per heavy atom. The van der Waals surface area contributed by atoms with Gasteiger partial charge in [0.1, 0.15) is 17.0 Å². The van der Waals surface area contributed by atoms with E-state index in [9.17, 15) is 0 Å². The van der Waals surface area contributed by atoms with Crippen LogP contribution < -0.4 is 10.2 Å². The Hall–Kier alpha value is -1.20. The maximum atomic E-state index is 4.51. The molecule has 4 nitrogen and oxygen atoms in total. The fraction of sp³-hybridized carbons (Fsp3) is 0.538. The number of hydrogen-bond acceptors (Lipinski definition) is 5. The van der Waals surface area contributed by atoms with E-state index in [1.807, 2.05) is 0 Å². The van der Waals surface area contributed by atoms with Crippen LogP contribution in [0.5, 0.6) is 0 Å². The molecule has 1 N–H and O–H groups in total. The zero-order chi connectivity index (χ0) is 11.9. The van der Waals surface area contributed by atoms with Crippen molar-refractivity contribution in [3.8, 4) is 0 Å². The van der Waals surface area contributed by atoms with Crippen molar-refractivity contribution in [3.05, 3.63) is 17.8 Å². The molecule has 0 saturated carbocycles. The van der Waals surface area contributed by atoms with Crippen LogP contribution in [-0.4, -0.2) is 35.6 Å². The maximum absolute atomic E-state index is 4.51. The summed E-state index contributed by atoms with van der Waals surface area (Å²) < 4.78 is 0. The van der Waals surface area contributed by atoms with Gasteiger partial charge in [0.15, 0.2) is 0 Å². The quantitative estimate of drug-likeness (QED) is 0.850. The number of anilines is 1. The summed E-state index contributed by atoms with van der Waals surface area (Å²) in [4.78, 5) is 12.4. The number of rotatable bonds is 1. The molecule has 18 heavy (non-hydrogen) atoms. The molecule has 2 aromatic heterocycles. The first-order valence-corrected chi connectivity index (χ1v) is 7.46. The van der Waals surface area contributed by atoms with Gasteiger partial charge >= 0.3 is 0 Å². The van der Waals surface area contributed by atoms with Crippen LogP contribution in [-0.2, 0) is 0 Å². The van der Waals surface area contributed by atoms with Gasteiger partial charge in [0.2, 0.25) is 0 Å².